The van der Waals surface area contributed by atoms with Gasteiger partial charge in [-0.1, -0.05) is 240 Å². The highest BCUT2D eigenvalue weighted by atomic mass is 31.2. The number of aliphatic hydroxyl groups is 1. The zero-order valence-corrected chi connectivity index (χ0v) is 61.8. The van der Waals surface area contributed by atoms with E-state index in [1.807, 2.05) is 0 Å². The van der Waals surface area contributed by atoms with Crippen molar-refractivity contribution in [3.8, 4) is 0 Å². The number of carbonyl (C=O) groups is 4. The van der Waals surface area contributed by atoms with Crippen LogP contribution in [0.25, 0.3) is 0 Å². The molecule has 0 fully saturated rings. The van der Waals surface area contributed by atoms with Crippen molar-refractivity contribution in [1.29, 1.82) is 0 Å². The second-order valence-electron chi connectivity index (χ2n) is 24.5. The van der Waals surface area contributed by atoms with Crippen molar-refractivity contribution in [2.45, 2.75) is 316 Å². The third-order valence-electron chi connectivity index (χ3n) is 15.2. The van der Waals surface area contributed by atoms with Gasteiger partial charge in [0.05, 0.1) is 26.4 Å². The van der Waals surface area contributed by atoms with Crippen LogP contribution in [-0.2, 0) is 65.4 Å². The van der Waals surface area contributed by atoms with Gasteiger partial charge in [0.1, 0.15) is 19.3 Å². The van der Waals surface area contributed by atoms with Crippen LogP contribution in [0.15, 0.2) is 109 Å². The standard InChI is InChI=1S/C77H132O17P2/c1-5-9-13-17-21-25-29-32-34-35-37-40-43-46-50-54-58-62-75(80)87-67-72(93-76(81)63-59-55-51-47-41-28-24-20-16-12-8-4)69-91-95(83,84)89-65-71(78)66-90-96(85,86)92-70-73(94-77(82)64-60-56-52-48-44-38-31-27-23-19-15-11-7-3)68-88-74(79)61-57-53-49-45-42-39-36-33-30-26-22-18-14-10-6-2/h9-10,13-14,20-22,24-27,31-34,36,42,45,71-73,78H,5-8,11-12,15-19,23,28-30,35,37-41,43-44,46-70H2,1-4H3,(H,83,84)(H,85,86)/b13-9-,14-10-,24-20-,25-21-,26-22-,31-27-,34-32-,36-33-,45-42-. The largest absolute Gasteiger partial charge is 0.472 e. The summed E-state index contributed by atoms with van der Waals surface area (Å²) in [5.74, 6) is -2.25. The van der Waals surface area contributed by atoms with Gasteiger partial charge in [-0.2, -0.15) is 0 Å². The first-order valence-electron chi connectivity index (χ1n) is 37.1. The highest BCUT2D eigenvalue weighted by Crippen LogP contribution is 2.45. The molecule has 0 aliphatic heterocycles. The van der Waals surface area contributed by atoms with Gasteiger partial charge in [0.25, 0.3) is 0 Å². The molecule has 0 bridgehead atoms. The minimum Gasteiger partial charge on any atom is -0.462 e. The van der Waals surface area contributed by atoms with Gasteiger partial charge in [0, 0.05) is 25.7 Å². The van der Waals surface area contributed by atoms with Gasteiger partial charge >= 0.3 is 39.5 Å². The predicted octanol–water partition coefficient (Wildman–Crippen LogP) is 21.0. The average Bonchev–Trinajstić information content (AvgIpc) is 1.84. The molecule has 17 nitrogen and oxygen atoms in total. The first-order valence-corrected chi connectivity index (χ1v) is 40.1. The Morgan fingerprint density at radius 3 is 0.896 bits per heavy atom. The molecule has 5 atom stereocenters. The molecule has 0 aromatic carbocycles. The summed E-state index contributed by atoms with van der Waals surface area (Å²) >= 11 is 0. The molecule has 0 radical (unpaired) electrons. The molecule has 0 saturated carbocycles. The smallest absolute Gasteiger partial charge is 0.462 e. The lowest BCUT2D eigenvalue weighted by Crippen LogP contribution is -2.30. The third-order valence-corrected chi connectivity index (χ3v) is 17.1. The van der Waals surface area contributed by atoms with Crippen LogP contribution in [0.1, 0.15) is 297 Å². The fourth-order valence-corrected chi connectivity index (χ4v) is 11.1. The van der Waals surface area contributed by atoms with E-state index in [0.717, 1.165) is 180 Å². The molecule has 19 heteroatoms. The van der Waals surface area contributed by atoms with Crippen LogP contribution in [0.3, 0.4) is 0 Å². The quantitative estimate of drug-likeness (QED) is 0.0169. The van der Waals surface area contributed by atoms with Gasteiger partial charge in [-0.05, 0) is 141 Å². The monoisotopic (exact) mass is 1390 g/mol. The molecule has 0 aromatic heterocycles. The number of aliphatic hydroxyl groups excluding tert-OH is 1. The molecule has 0 aliphatic rings. The molecular weight excluding hydrogens is 1260 g/mol. The van der Waals surface area contributed by atoms with Gasteiger partial charge in [-0.15, -0.1) is 0 Å². The molecule has 0 saturated heterocycles. The number of carbonyl (C=O) groups excluding carboxylic acids is 4. The number of unbranched alkanes of at least 4 members (excludes halogenated alkanes) is 25. The first-order chi connectivity index (χ1) is 46.7. The van der Waals surface area contributed by atoms with E-state index in [9.17, 15) is 43.2 Å². The summed E-state index contributed by atoms with van der Waals surface area (Å²) in [6.45, 7) is 4.51. The van der Waals surface area contributed by atoms with E-state index in [-0.39, 0.29) is 25.7 Å². The van der Waals surface area contributed by atoms with Crippen LogP contribution in [-0.4, -0.2) is 96.7 Å². The lowest BCUT2D eigenvalue weighted by molar-refractivity contribution is -0.161. The molecular formula is C77H132O17P2. The summed E-state index contributed by atoms with van der Waals surface area (Å²) in [5, 5.41) is 10.6. The van der Waals surface area contributed by atoms with Gasteiger partial charge in [-0.25, -0.2) is 9.13 Å². The molecule has 0 amide bonds. The van der Waals surface area contributed by atoms with Crippen molar-refractivity contribution in [2.75, 3.05) is 39.6 Å². The Labute approximate surface area is 581 Å². The van der Waals surface area contributed by atoms with Gasteiger partial charge in [-0.3, -0.25) is 37.3 Å². The lowest BCUT2D eigenvalue weighted by Gasteiger charge is -2.21. The molecule has 0 aliphatic carbocycles. The Balaban J connectivity index is 5.35. The molecule has 3 N–H and O–H groups in total. The Morgan fingerprint density at radius 2 is 0.552 bits per heavy atom. The molecule has 0 heterocycles. The van der Waals surface area contributed by atoms with Gasteiger partial charge in [0.15, 0.2) is 12.2 Å². The zero-order valence-electron chi connectivity index (χ0n) is 60.0. The topological polar surface area (TPSA) is 237 Å². The molecule has 0 spiro atoms. The molecule has 96 heavy (non-hydrogen) atoms. The fraction of sp³-hybridized carbons (Fsp3) is 0.714. The second kappa shape index (κ2) is 69.2. The van der Waals surface area contributed by atoms with Crippen LogP contribution in [0.5, 0.6) is 0 Å². The second-order valence-corrected chi connectivity index (χ2v) is 27.4. The maximum absolute atomic E-state index is 13.0. The summed E-state index contributed by atoms with van der Waals surface area (Å²) in [6.07, 6.45) is 72.4. The molecule has 0 aromatic rings. The summed E-state index contributed by atoms with van der Waals surface area (Å²) in [4.78, 5) is 72.7. The minimum absolute atomic E-state index is 0.0747. The fourth-order valence-electron chi connectivity index (χ4n) is 9.55. The van der Waals surface area contributed by atoms with Crippen molar-refractivity contribution in [3.05, 3.63) is 109 Å². The molecule has 5 unspecified atom stereocenters. The van der Waals surface area contributed by atoms with Crippen molar-refractivity contribution >= 4 is 39.5 Å². The van der Waals surface area contributed by atoms with Crippen LogP contribution >= 0.6 is 15.6 Å². The number of rotatable bonds is 69. The normalized spacial score (nSPS) is 14.6. The number of phosphoric acid groups is 2. The summed E-state index contributed by atoms with van der Waals surface area (Å²) in [7, 11) is -9.96. The SMILES string of the molecule is CC/C=C\C/C=C\C/C=C\C/C=C\CCCCC(=O)OCC(COP(=O)(O)OCC(O)COP(=O)(O)OCC(COC(=O)CCCCCCCCC/C=C\C/C=C\C/C=C\CC)OC(=O)CCCCCCC/C=C\CCCC)OC(=O)CCCCCCC/C=C\CCCCCC. The highest BCUT2D eigenvalue weighted by molar-refractivity contribution is 7.47. The summed E-state index contributed by atoms with van der Waals surface area (Å²) in [5.41, 5.74) is 0. The van der Waals surface area contributed by atoms with Crippen LogP contribution in [0.4, 0.5) is 0 Å². The van der Waals surface area contributed by atoms with Crippen molar-refractivity contribution in [1.82, 2.24) is 0 Å². The van der Waals surface area contributed by atoms with E-state index in [0.29, 0.717) is 25.7 Å². The van der Waals surface area contributed by atoms with E-state index in [2.05, 4.69) is 137 Å². The van der Waals surface area contributed by atoms with Crippen molar-refractivity contribution in [2.24, 2.45) is 0 Å². The number of hydrogen-bond donors (Lipinski definition) is 3. The summed E-state index contributed by atoms with van der Waals surface area (Å²) in [6, 6.07) is 0. The first kappa shape index (κ1) is 91.7. The average molecular weight is 1390 g/mol. The van der Waals surface area contributed by atoms with E-state index in [4.69, 9.17) is 37.0 Å². The number of hydrogen-bond acceptors (Lipinski definition) is 15. The van der Waals surface area contributed by atoms with Crippen molar-refractivity contribution < 1.29 is 80.2 Å². The molecule has 0 rings (SSSR count). The van der Waals surface area contributed by atoms with Crippen LogP contribution in [0, 0.1) is 0 Å². The van der Waals surface area contributed by atoms with Gasteiger partial charge in [0.2, 0.25) is 0 Å². The van der Waals surface area contributed by atoms with Gasteiger partial charge < -0.3 is 33.8 Å². The Hall–Kier alpha value is -4.28. The van der Waals surface area contributed by atoms with Crippen LogP contribution in [0.2, 0.25) is 0 Å². The number of phosphoric ester groups is 2. The minimum atomic E-state index is -4.98. The van der Waals surface area contributed by atoms with E-state index >= 15 is 0 Å². The number of allylic oxidation sites excluding steroid dienone is 18. The zero-order chi connectivity index (χ0) is 70.4. The van der Waals surface area contributed by atoms with E-state index < -0.39 is 97.5 Å². The Bertz CT molecular complexity index is 2250. The Kier molecular flexibility index (Phi) is 66.1. The van der Waals surface area contributed by atoms with E-state index in [1.54, 1.807) is 0 Å². The van der Waals surface area contributed by atoms with Crippen LogP contribution < -0.4 is 0 Å². The Morgan fingerprint density at radius 1 is 0.302 bits per heavy atom. The third kappa shape index (κ3) is 68.3. The predicted molar refractivity (Wildman–Crippen MR) is 390 cm³/mol. The number of ether oxygens (including phenoxy) is 4. The maximum atomic E-state index is 13.0. The number of esters is 4. The van der Waals surface area contributed by atoms with Crippen molar-refractivity contribution in [3.63, 3.8) is 0 Å². The maximum Gasteiger partial charge on any atom is 0.472 e. The molecule has 552 valence electrons. The summed E-state index contributed by atoms with van der Waals surface area (Å²) < 4.78 is 68.3. The van der Waals surface area contributed by atoms with E-state index in [1.165, 1.54) is 38.5 Å². The highest BCUT2D eigenvalue weighted by Gasteiger charge is 2.30. The lowest BCUT2D eigenvalue weighted by atomic mass is 10.1.